The highest BCUT2D eigenvalue weighted by Gasteiger charge is 2.27. The number of amides is 1. The number of aromatic nitrogens is 3. The van der Waals surface area contributed by atoms with Gasteiger partial charge in [0.2, 0.25) is 0 Å². The second-order valence-corrected chi connectivity index (χ2v) is 6.65. The fraction of sp³-hybridized carbons (Fsp3) is 0.588. The molecule has 4 heterocycles. The summed E-state index contributed by atoms with van der Waals surface area (Å²) in [4.78, 5) is 23.4. The molecule has 7 nitrogen and oxygen atoms in total. The molecule has 0 saturated carbocycles. The Morgan fingerprint density at radius 3 is 2.88 bits per heavy atom. The Hall–Kier alpha value is -1.99. The molecule has 2 aromatic heterocycles. The lowest BCUT2D eigenvalue weighted by atomic mass is 10.1. The highest BCUT2D eigenvalue weighted by atomic mass is 16.5. The van der Waals surface area contributed by atoms with Crippen molar-refractivity contribution in [3.63, 3.8) is 0 Å². The predicted octanol–water partition coefficient (Wildman–Crippen LogP) is 1.24. The van der Waals surface area contributed by atoms with Crippen LogP contribution in [0.4, 0.5) is 0 Å². The second-order valence-electron chi connectivity index (χ2n) is 6.65. The third-order valence-corrected chi connectivity index (χ3v) is 5.08. The Bertz CT molecular complexity index is 739. The number of ether oxygens (including phenoxy) is 1. The minimum Gasteiger partial charge on any atom is -0.396 e. The molecule has 1 atom stereocenters. The Balaban J connectivity index is 1.57. The maximum absolute atomic E-state index is 12.6. The number of pyridine rings is 1. The summed E-state index contributed by atoms with van der Waals surface area (Å²) in [6.07, 6.45) is 6.25. The van der Waals surface area contributed by atoms with E-state index in [4.69, 9.17) is 4.74 Å². The van der Waals surface area contributed by atoms with Crippen molar-refractivity contribution in [2.45, 2.75) is 25.3 Å². The fourth-order valence-corrected chi connectivity index (χ4v) is 3.62. The smallest absolute Gasteiger partial charge is 0.255 e. The van der Waals surface area contributed by atoms with Crippen molar-refractivity contribution in [1.29, 1.82) is 0 Å². The fourth-order valence-electron chi connectivity index (χ4n) is 3.62. The van der Waals surface area contributed by atoms with Gasteiger partial charge in [-0.1, -0.05) is 0 Å². The summed E-state index contributed by atoms with van der Waals surface area (Å²) in [6, 6.07) is 2.19. The average Bonchev–Trinajstić information content (AvgIpc) is 3.28. The van der Waals surface area contributed by atoms with Gasteiger partial charge in [0.1, 0.15) is 5.52 Å². The summed E-state index contributed by atoms with van der Waals surface area (Å²) in [5.41, 5.74) is 2.15. The molecule has 0 aliphatic carbocycles. The first-order valence-electron chi connectivity index (χ1n) is 8.56. The zero-order chi connectivity index (χ0) is 16.5. The van der Waals surface area contributed by atoms with Crippen LogP contribution in [0, 0.1) is 5.92 Å². The van der Waals surface area contributed by atoms with Gasteiger partial charge in [-0.2, -0.15) is 0 Å². The number of aliphatic hydroxyl groups is 1. The van der Waals surface area contributed by atoms with Crippen molar-refractivity contribution in [2.75, 3.05) is 32.9 Å². The van der Waals surface area contributed by atoms with E-state index in [1.54, 1.807) is 11.1 Å². The maximum Gasteiger partial charge on any atom is 0.255 e. The Labute approximate surface area is 140 Å². The third kappa shape index (κ3) is 2.78. The van der Waals surface area contributed by atoms with Gasteiger partial charge in [0.25, 0.3) is 5.91 Å². The van der Waals surface area contributed by atoms with Crippen LogP contribution in [0.15, 0.2) is 18.6 Å². The minimum absolute atomic E-state index is 0.0269. The monoisotopic (exact) mass is 330 g/mol. The van der Waals surface area contributed by atoms with Gasteiger partial charge >= 0.3 is 0 Å². The molecule has 2 fully saturated rings. The van der Waals surface area contributed by atoms with E-state index in [-0.39, 0.29) is 18.4 Å². The molecule has 128 valence electrons. The summed E-state index contributed by atoms with van der Waals surface area (Å²) >= 11 is 0. The van der Waals surface area contributed by atoms with Crippen LogP contribution in [0.2, 0.25) is 0 Å². The number of rotatable bonds is 3. The second kappa shape index (κ2) is 6.49. The van der Waals surface area contributed by atoms with Gasteiger partial charge in [-0.05, 0) is 25.3 Å². The number of fused-ring (bicyclic) bond motifs is 1. The van der Waals surface area contributed by atoms with Crippen LogP contribution in [0.1, 0.15) is 35.7 Å². The van der Waals surface area contributed by atoms with Gasteiger partial charge in [0.15, 0.2) is 5.65 Å². The molecule has 2 aliphatic rings. The number of hydrogen-bond acceptors (Lipinski definition) is 5. The van der Waals surface area contributed by atoms with E-state index in [1.807, 2.05) is 12.4 Å². The van der Waals surface area contributed by atoms with E-state index in [0.717, 1.165) is 43.6 Å². The molecular formula is C17H22N4O3. The molecule has 7 heteroatoms. The first-order valence-corrected chi connectivity index (χ1v) is 8.56. The molecule has 0 aromatic carbocycles. The zero-order valence-electron chi connectivity index (χ0n) is 13.6. The molecule has 1 N–H and O–H groups in total. The summed E-state index contributed by atoms with van der Waals surface area (Å²) in [5.74, 6) is 0.166. The summed E-state index contributed by atoms with van der Waals surface area (Å²) in [6.45, 7) is 2.98. The van der Waals surface area contributed by atoms with Crippen LogP contribution in [0.3, 0.4) is 0 Å². The van der Waals surface area contributed by atoms with E-state index in [0.29, 0.717) is 24.7 Å². The molecule has 2 aromatic rings. The van der Waals surface area contributed by atoms with Crippen LogP contribution in [-0.4, -0.2) is 63.4 Å². The number of carbonyl (C=O) groups is 1. The normalized spacial score (nSPS) is 22.4. The first-order chi connectivity index (χ1) is 11.8. The Morgan fingerprint density at radius 2 is 2.12 bits per heavy atom. The number of aliphatic hydroxyl groups excluding tert-OH is 1. The van der Waals surface area contributed by atoms with Crippen molar-refractivity contribution in [1.82, 2.24) is 19.4 Å². The summed E-state index contributed by atoms with van der Waals surface area (Å²) in [7, 11) is 0. The van der Waals surface area contributed by atoms with Gasteiger partial charge < -0.3 is 19.3 Å². The van der Waals surface area contributed by atoms with Crippen LogP contribution < -0.4 is 0 Å². The number of nitrogens with zero attached hydrogens (tertiary/aromatic N) is 4. The van der Waals surface area contributed by atoms with Gasteiger partial charge in [-0.15, -0.1) is 0 Å². The zero-order valence-corrected chi connectivity index (χ0v) is 13.6. The molecule has 4 rings (SSSR count). The van der Waals surface area contributed by atoms with Crippen molar-refractivity contribution < 1.29 is 14.6 Å². The standard InChI is InChI=1S/C17H22N4O3/c22-10-12-1-4-20(9-12)17(23)13-7-15-16(18-8-13)21(11-19-15)14-2-5-24-6-3-14/h7-8,11-12,14,22H,1-6,9-10H2. The Morgan fingerprint density at radius 1 is 1.29 bits per heavy atom. The lowest BCUT2D eigenvalue weighted by Gasteiger charge is -2.23. The van der Waals surface area contributed by atoms with Gasteiger partial charge in [0.05, 0.1) is 11.9 Å². The van der Waals surface area contributed by atoms with Crippen LogP contribution in [0.25, 0.3) is 11.2 Å². The number of hydrogen-bond donors (Lipinski definition) is 1. The van der Waals surface area contributed by atoms with E-state index in [2.05, 4.69) is 14.5 Å². The molecule has 0 bridgehead atoms. The van der Waals surface area contributed by atoms with E-state index >= 15 is 0 Å². The quantitative estimate of drug-likeness (QED) is 0.916. The van der Waals surface area contributed by atoms with Gasteiger partial charge in [-0.25, -0.2) is 9.97 Å². The number of carbonyl (C=O) groups excluding carboxylic acids is 1. The number of likely N-dealkylation sites (tertiary alicyclic amines) is 1. The molecule has 24 heavy (non-hydrogen) atoms. The minimum atomic E-state index is -0.0269. The molecule has 2 saturated heterocycles. The molecular weight excluding hydrogens is 308 g/mol. The van der Waals surface area contributed by atoms with Crippen LogP contribution >= 0.6 is 0 Å². The van der Waals surface area contributed by atoms with Gasteiger partial charge in [0, 0.05) is 51.1 Å². The van der Waals surface area contributed by atoms with E-state index in [1.165, 1.54) is 0 Å². The van der Waals surface area contributed by atoms with Crippen molar-refractivity contribution in [3.8, 4) is 0 Å². The molecule has 1 unspecified atom stereocenters. The first kappa shape index (κ1) is 15.5. The number of imidazole rings is 1. The molecule has 0 spiro atoms. The largest absolute Gasteiger partial charge is 0.396 e. The van der Waals surface area contributed by atoms with Crippen molar-refractivity contribution >= 4 is 17.1 Å². The molecule has 1 amide bonds. The highest BCUT2D eigenvalue weighted by molar-refractivity contribution is 5.96. The van der Waals surface area contributed by atoms with Gasteiger partial charge in [-0.3, -0.25) is 4.79 Å². The lowest BCUT2D eigenvalue weighted by Crippen LogP contribution is -2.29. The van der Waals surface area contributed by atoms with Crippen LogP contribution in [-0.2, 0) is 4.74 Å². The summed E-state index contributed by atoms with van der Waals surface area (Å²) in [5, 5.41) is 9.23. The van der Waals surface area contributed by atoms with Crippen molar-refractivity contribution in [3.05, 3.63) is 24.2 Å². The van der Waals surface area contributed by atoms with E-state index < -0.39 is 0 Å². The van der Waals surface area contributed by atoms with Crippen LogP contribution in [0.5, 0.6) is 0 Å². The highest BCUT2D eigenvalue weighted by Crippen LogP contribution is 2.25. The maximum atomic E-state index is 12.6. The topological polar surface area (TPSA) is 80.5 Å². The lowest BCUT2D eigenvalue weighted by molar-refractivity contribution is 0.0704. The predicted molar refractivity (Wildman–Crippen MR) is 87.7 cm³/mol. The molecule has 2 aliphatic heterocycles. The summed E-state index contributed by atoms with van der Waals surface area (Å²) < 4.78 is 7.51. The molecule has 0 radical (unpaired) electrons. The SMILES string of the molecule is O=C(c1cnc2c(c1)ncn2C1CCOCC1)N1CCC(CO)C1. The van der Waals surface area contributed by atoms with E-state index in [9.17, 15) is 9.90 Å². The Kier molecular flexibility index (Phi) is 4.20. The van der Waals surface area contributed by atoms with Crippen molar-refractivity contribution in [2.24, 2.45) is 5.92 Å². The third-order valence-electron chi connectivity index (χ3n) is 5.08. The average molecular weight is 330 g/mol.